The first-order valence-electron chi connectivity index (χ1n) is 13.7. The van der Waals surface area contributed by atoms with E-state index in [1.165, 1.54) is 17.7 Å². The van der Waals surface area contributed by atoms with Gasteiger partial charge in [0.25, 0.3) is 5.56 Å². The lowest BCUT2D eigenvalue weighted by atomic mass is 9.81. The number of aryl methyl sites for hydroxylation is 1. The predicted octanol–water partition coefficient (Wildman–Crippen LogP) is 5.79. The molecule has 2 atom stereocenters. The molecule has 1 amide bonds. The van der Waals surface area contributed by atoms with Crippen LogP contribution in [0.3, 0.4) is 0 Å². The molecule has 2 unspecified atom stereocenters. The molecule has 11 heteroatoms. The Hall–Kier alpha value is -3.60. The Labute approximate surface area is 234 Å². The molecule has 2 aromatic heterocycles. The van der Waals surface area contributed by atoms with Crippen molar-refractivity contribution < 1.29 is 31.9 Å². The van der Waals surface area contributed by atoms with Crippen molar-refractivity contribution in [2.24, 2.45) is 0 Å². The van der Waals surface area contributed by atoms with Crippen LogP contribution in [0.15, 0.2) is 16.9 Å². The van der Waals surface area contributed by atoms with E-state index in [1.54, 1.807) is 13.0 Å². The second-order valence-electron chi connectivity index (χ2n) is 10.1. The molecular weight excluding hydrogens is 542 g/mol. The standard InChI is InChI=1S/C28H27F4N3O4.C2H6/c1-4-14(11-36)16-7-22-26-17(10-35(22)27(38)18(16)12-39-3)25-20(33-23(37)9-28(30,31)32)6-5-15-13(2)19(29)8-21(34-26)24(15)25;1-2/h7-8,11,14,20H,4-6,9-10,12H2,1-3H3,(H,33,37);1-2H3. The number of ether oxygens (including phenoxy) is 1. The van der Waals surface area contributed by atoms with Crippen LogP contribution in [0.2, 0.25) is 0 Å². The Balaban J connectivity index is 0.00000189. The third kappa shape index (κ3) is 5.39. The summed E-state index contributed by atoms with van der Waals surface area (Å²) in [6.07, 6.45) is -4.46. The summed E-state index contributed by atoms with van der Waals surface area (Å²) in [5.74, 6) is -2.19. The number of hydrogen-bond donors (Lipinski definition) is 1. The summed E-state index contributed by atoms with van der Waals surface area (Å²) in [5, 5.41) is 3.12. The molecule has 1 aliphatic heterocycles. The molecule has 7 nitrogen and oxygen atoms in total. The first-order valence-corrected chi connectivity index (χ1v) is 13.7. The minimum absolute atomic E-state index is 0.0118. The number of fused-ring (bicyclic) bond motifs is 4. The number of alkyl halides is 3. The van der Waals surface area contributed by atoms with Crippen LogP contribution in [0, 0.1) is 12.7 Å². The van der Waals surface area contributed by atoms with Crippen molar-refractivity contribution in [1.82, 2.24) is 14.9 Å². The Bertz CT molecular complexity index is 1580. The SMILES string of the molecule is CC.CCC(C=O)c1cc2n(c(=O)c1COC)Cc1c-2nc2cc(F)c(C)c3c2c1C(NC(=O)CC(F)(F)F)CC3. The van der Waals surface area contributed by atoms with Crippen LogP contribution in [-0.4, -0.2) is 35.0 Å². The van der Waals surface area contributed by atoms with Crippen LogP contribution in [0.1, 0.15) is 85.4 Å². The zero-order valence-electron chi connectivity index (χ0n) is 23.7. The third-order valence-electron chi connectivity index (χ3n) is 7.76. The molecule has 1 aliphatic carbocycles. The summed E-state index contributed by atoms with van der Waals surface area (Å²) in [6.45, 7) is 7.52. The Morgan fingerprint density at radius 1 is 1.27 bits per heavy atom. The van der Waals surface area contributed by atoms with Gasteiger partial charge >= 0.3 is 6.18 Å². The molecule has 1 N–H and O–H groups in total. The molecule has 0 saturated heterocycles. The number of aldehydes is 1. The highest BCUT2D eigenvalue weighted by Crippen LogP contribution is 2.45. The van der Waals surface area contributed by atoms with Crippen LogP contribution in [0.4, 0.5) is 17.6 Å². The Morgan fingerprint density at radius 3 is 2.59 bits per heavy atom. The lowest BCUT2D eigenvalue weighted by molar-refractivity contribution is -0.154. The second-order valence-corrected chi connectivity index (χ2v) is 10.1. The zero-order valence-corrected chi connectivity index (χ0v) is 23.7. The average Bonchev–Trinajstić information content (AvgIpc) is 3.29. The number of aromatic nitrogens is 2. The maximum atomic E-state index is 14.9. The van der Waals surface area contributed by atoms with Gasteiger partial charge in [0, 0.05) is 35.6 Å². The summed E-state index contributed by atoms with van der Waals surface area (Å²) in [4.78, 5) is 42.6. The van der Waals surface area contributed by atoms with Gasteiger partial charge in [-0.05, 0) is 54.5 Å². The molecule has 3 aromatic rings. The van der Waals surface area contributed by atoms with Gasteiger partial charge in [0.15, 0.2) is 0 Å². The van der Waals surface area contributed by atoms with E-state index in [0.29, 0.717) is 68.5 Å². The zero-order chi connectivity index (χ0) is 30.2. The van der Waals surface area contributed by atoms with Gasteiger partial charge in [0.2, 0.25) is 5.91 Å². The molecule has 5 rings (SSSR count). The minimum atomic E-state index is -4.67. The van der Waals surface area contributed by atoms with Gasteiger partial charge in [0.05, 0.1) is 36.1 Å². The fourth-order valence-electron chi connectivity index (χ4n) is 5.94. The van der Waals surface area contributed by atoms with Crippen LogP contribution in [0.5, 0.6) is 0 Å². The van der Waals surface area contributed by atoms with E-state index in [1.807, 2.05) is 20.8 Å². The molecular formula is C30H33F4N3O4. The summed E-state index contributed by atoms with van der Waals surface area (Å²) in [5.41, 5.74) is 3.83. The van der Waals surface area contributed by atoms with Crippen molar-refractivity contribution in [3.8, 4) is 11.4 Å². The largest absolute Gasteiger partial charge is 0.397 e. The average molecular weight is 576 g/mol. The molecule has 0 bridgehead atoms. The number of benzene rings is 1. The van der Waals surface area contributed by atoms with E-state index >= 15 is 0 Å². The molecule has 0 fully saturated rings. The number of rotatable bonds is 7. The molecule has 0 spiro atoms. The predicted molar refractivity (Wildman–Crippen MR) is 146 cm³/mol. The van der Waals surface area contributed by atoms with Gasteiger partial charge in [0.1, 0.15) is 18.5 Å². The number of pyridine rings is 2. The van der Waals surface area contributed by atoms with Crippen molar-refractivity contribution in [3.63, 3.8) is 0 Å². The number of methoxy groups -OCH3 is 1. The normalized spacial score (nSPS) is 16.0. The third-order valence-corrected chi connectivity index (χ3v) is 7.76. The highest BCUT2D eigenvalue weighted by atomic mass is 19.4. The monoisotopic (exact) mass is 575 g/mol. The number of amides is 1. The van der Waals surface area contributed by atoms with Crippen molar-refractivity contribution >= 4 is 23.1 Å². The number of hydrogen-bond acceptors (Lipinski definition) is 5. The first-order chi connectivity index (χ1) is 19.5. The van der Waals surface area contributed by atoms with Crippen molar-refractivity contribution in [1.29, 1.82) is 0 Å². The minimum Gasteiger partial charge on any atom is -0.380 e. The van der Waals surface area contributed by atoms with Crippen LogP contribution in [-0.2, 0) is 33.9 Å². The lowest BCUT2D eigenvalue weighted by Crippen LogP contribution is -2.34. The van der Waals surface area contributed by atoms with E-state index in [9.17, 15) is 31.9 Å². The summed E-state index contributed by atoms with van der Waals surface area (Å²) in [6, 6.07) is 2.22. The number of nitrogens with zero attached hydrogens (tertiary/aromatic N) is 2. The van der Waals surface area contributed by atoms with E-state index in [2.05, 4.69) is 5.32 Å². The number of halogens is 4. The summed E-state index contributed by atoms with van der Waals surface area (Å²) in [7, 11) is 1.45. The highest BCUT2D eigenvalue weighted by Gasteiger charge is 2.37. The maximum absolute atomic E-state index is 14.9. The number of nitrogens with one attached hydrogen (secondary N) is 1. The van der Waals surface area contributed by atoms with Crippen LogP contribution < -0.4 is 10.9 Å². The topological polar surface area (TPSA) is 90.3 Å². The summed E-state index contributed by atoms with van der Waals surface area (Å²) < 4.78 is 60.5. The second kappa shape index (κ2) is 11.7. The van der Waals surface area contributed by atoms with Gasteiger partial charge in [-0.25, -0.2) is 9.37 Å². The van der Waals surface area contributed by atoms with Gasteiger partial charge in [-0.1, -0.05) is 20.8 Å². The van der Waals surface area contributed by atoms with Crippen molar-refractivity contribution in [2.45, 2.75) is 84.7 Å². The van der Waals surface area contributed by atoms with Gasteiger partial charge in [-0.2, -0.15) is 13.2 Å². The lowest BCUT2D eigenvalue weighted by Gasteiger charge is -2.30. The molecule has 0 radical (unpaired) electrons. The Morgan fingerprint density at radius 2 is 1.98 bits per heavy atom. The molecule has 220 valence electrons. The van der Waals surface area contributed by atoms with E-state index in [-0.39, 0.29) is 25.1 Å². The van der Waals surface area contributed by atoms with E-state index in [0.717, 1.165) is 6.29 Å². The molecule has 3 heterocycles. The van der Waals surface area contributed by atoms with Crippen LogP contribution >= 0.6 is 0 Å². The fraction of sp³-hybridized carbons (Fsp3) is 0.467. The van der Waals surface area contributed by atoms with Gasteiger partial charge in [-0.3, -0.25) is 9.59 Å². The molecule has 2 aliphatic rings. The maximum Gasteiger partial charge on any atom is 0.397 e. The van der Waals surface area contributed by atoms with E-state index < -0.39 is 36.3 Å². The summed E-state index contributed by atoms with van der Waals surface area (Å²) >= 11 is 0. The Kier molecular flexibility index (Phi) is 8.67. The fourth-order valence-corrected chi connectivity index (χ4v) is 5.94. The first kappa shape index (κ1) is 30.4. The van der Waals surface area contributed by atoms with E-state index in [4.69, 9.17) is 9.72 Å². The van der Waals surface area contributed by atoms with Crippen LogP contribution in [0.25, 0.3) is 22.3 Å². The highest BCUT2D eigenvalue weighted by molar-refractivity contribution is 5.93. The molecule has 1 aromatic carbocycles. The van der Waals surface area contributed by atoms with Crippen molar-refractivity contribution in [3.05, 3.63) is 61.7 Å². The smallest absolute Gasteiger partial charge is 0.380 e. The van der Waals surface area contributed by atoms with Gasteiger partial charge in [-0.15, -0.1) is 0 Å². The number of carbonyl (C=O) groups is 2. The quantitative estimate of drug-likeness (QED) is 0.223. The molecule has 0 saturated carbocycles. The van der Waals surface area contributed by atoms with Crippen molar-refractivity contribution in [2.75, 3.05) is 7.11 Å². The number of carbonyl (C=O) groups excluding carboxylic acids is 2. The molecule has 41 heavy (non-hydrogen) atoms. The van der Waals surface area contributed by atoms with Gasteiger partial charge < -0.3 is 19.4 Å².